The van der Waals surface area contributed by atoms with Gasteiger partial charge in [0.05, 0.1) is 11.5 Å². The van der Waals surface area contributed by atoms with Gasteiger partial charge in [-0.2, -0.15) is 4.31 Å². The van der Waals surface area contributed by atoms with Crippen molar-refractivity contribution in [3.05, 3.63) is 54.1 Å². The Morgan fingerprint density at radius 1 is 0.926 bits per heavy atom. The summed E-state index contributed by atoms with van der Waals surface area (Å²) >= 11 is 0. The Morgan fingerprint density at radius 2 is 1.56 bits per heavy atom. The van der Waals surface area contributed by atoms with E-state index in [9.17, 15) is 8.42 Å². The molecule has 148 valence electrons. The van der Waals surface area contributed by atoms with Crippen LogP contribution in [0.1, 0.15) is 12.5 Å². The molecule has 27 heavy (non-hydrogen) atoms. The van der Waals surface area contributed by atoms with E-state index in [1.165, 1.54) is 4.31 Å². The molecule has 0 bridgehead atoms. The molecule has 0 spiro atoms. The minimum absolute atomic E-state index is 0.258. The van der Waals surface area contributed by atoms with Gasteiger partial charge in [0, 0.05) is 40.0 Å². The molecule has 2 aromatic rings. The molecular weight excluding hydrogens is 364 g/mol. The second-order valence-corrected chi connectivity index (χ2v) is 8.24. The van der Waals surface area contributed by atoms with Gasteiger partial charge in [0.15, 0.2) is 0 Å². The summed E-state index contributed by atoms with van der Waals surface area (Å²) in [7, 11) is 1.97. The molecule has 0 unspecified atom stereocenters. The Bertz CT molecular complexity index is 803. The van der Waals surface area contributed by atoms with Crippen LogP contribution in [0.5, 0.6) is 5.75 Å². The SMILES string of the molecule is CCN(Cc1ccc(N(C)C)cc1)S(=O)(=O)c1ccc(OCCOC)cc1. The summed E-state index contributed by atoms with van der Waals surface area (Å²) < 4.78 is 37.8. The molecule has 0 heterocycles. The first-order chi connectivity index (χ1) is 12.9. The van der Waals surface area contributed by atoms with E-state index in [0.29, 0.717) is 32.1 Å². The third-order valence-corrected chi connectivity index (χ3v) is 6.12. The Kier molecular flexibility index (Phi) is 7.65. The zero-order valence-corrected chi connectivity index (χ0v) is 17.2. The zero-order valence-electron chi connectivity index (χ0n) is 16.4. The molecule has 2 rings (SSSR count). The van der Waals surface area contributed by atoms with Crippen molar-refractivity contribution in [2.24, 2.45) is 0 Å². The van der Waals surface area contributed by atoms with Crippen LogP contribution in [0.2, 0.25) is 0 Å². The highest BCUT2D eigenvalue weighted by atomic mass is 32.2. The van der Waals surface area contributed by atoms with E-state index in [1.54, 1.807) is 31.4 Å². The summed E-state index contributed by atoms with van der Waals surface area (Å²) in [6.07, 6.45) is 0. The van der Waals surface area contributed by atoms with Gasteiger partial charge in [0.1, 0.15) is 12.4 Å². The van der Waals surface area contributed by atoms with Crippen molar-refractivity contribution in [3.8, 4) is 5.75 Å². The Hall–Kier alpha value is -2.09. The first-order valence-corrected chi connectivity index (χ1v) is 10.3. The van der Waals surface area contributed by atoms with Crippen LogP contribution in [-0.4, -0.2) is 53.7 Å². The lowest BCUT2D eigenvalue weighted by atomic mass is 10.2. The van der Waals surface area contributed by atoms with E-state index < -0.39 is 10.0 Å². The molecule has 0 atom stereocenters. The molecule has 0 saturated carbocycles. The van der Waals surface area contributed by atoms with Crippen LogP contribution in [0.4, 0.5) is 5.69 Å². The van der Waals surface area contributed by atoms with Crippen molar-refractivity contribution in [2.45, 2.75) is 18.4 Å². The standard InChI is InChI=1S/C20H28N2O4S/c1-5-22(16-17-6-8-18(9-7-17)21(2)3)27(23,24)20-12-10-19(11-13-20)26-15-14-25-4/h6-13H,5,14-16H2,1-4H3. The number of benzene rings is 2. The van der Waals surface area contributed by atoms with Crippen LogP contribution in [0, 0.1) is 0 Å². The fourth-order valence-corrected chi connectivity index (χ4v) is 4.01. The van der Waals surface area contributed by atoms with E-state index in [1.807, 2.05) is 50.2 Å². The van der Waals surface area contributed by atoms with Gasteiger partial charge in [-0.3, -0.25) is 0 Å². The molecule has 0 amide bonds. The average Bonchev–Trinajstić information content (AvgIpc) is 2.67. The third-order valence-electron chi connectivity index (χ3n) is 4.18. The smallest absolute Gasteiger partial charge is 0.243 e. The zero-order chi connectivity index (χ0) is 19.9. The van der Waals surface area contributed by atoms with Gasteiger partial charge in [-0.1, -0.05) is 19.1 Å². The van der Waals surface area contributed by atoms with Crippen molar-refractivity contribution in [1.82, 2.24) is 4.31 Å². The minimum Gasteiger partial charge on any atom is -0.491 e. The van der Waals surface area contributed by atoms with Crippen LogP contribution in [0.25, 0.3) is 0 Å². The lowest BCUT2D eigenvalue weighted by molar-refractivity contribution is 0.146. The molecule has 6 nitrogen and oxygen atoms in total. The van der Waals surface area contributed by atoms with E-state index in [0.717, 1.165) is 11.3 Å². The largest absolute Gasteiger partial charge is 0.491 e. The fourth-order valence-electron chi connectivity index (χ4n) is 2.57. The predicted octanol–water partition coefficient (Wildman–Crippen LogP) is 2.99. The minimum atomic E-state index is -3.58. The van der Waals surface area contributed by atoms with E-state index >= 15 is 0 Å². The van der Waals surface area contributed by atoms with Crippen molar-refractivity contribution in [3.63, 3.8) is 0 Å². The first-order valence-electron chi connectivity index (χ1n) is 8.86. The van der Waals surface area contributed by atoms with Gasteiger partial charge >= 0.3 is 0 Å². The number of rotatable bonds is 10. The van der Waals surface area contributed by atoms with Crippen LogP contribution in [-0.2, 0) is 21.3 Å². The summed E-state index contributed by atoms with van der Waals surface area (Å²) in [5.74, 6) is 0.619. The second-order valence-electron chi connectivity index (χ2n) is 6.30. The summed E-state index contributed by atoms with van der Waals surface area (Å²) in [6.45, 7) is 3.47. The molecule has 0 aliphatic heterocycles. The molecule has 2 aromatic carbocycles. The normalized spacial score (nSPS) is 11.6. The molecule has 0 aliphatic carbocycles. The van der Waals surface area contributed by atoms with E-state index in [2.05, 4.69) is 0 Å². The maximum Gasteiger partial charge on any atom is 0.243 e. The Balaban J connectivity index is 2.12. The second kappa shape index (κ2) is 9.73. The first kappa shape index (κ1) is 21.2. The van der Waals surface area contributed by atoms with Gasteiger partial charge in [0.25, 0.3) is 0 Å². The molecule has 0 N–H and O–H groups in total. The highest BCUT2D eigenvalue weighted by Crippen LogP contribution is 2.22. The van der Waals surface area contributed by atoms with Crippen LogP contribution in [0.3, 0.4) is 0 Å². The van der Waals surface area contributed by atoms with Crippen molar-refractivity contribution in [2.75, 3.05) is 45.9 Å². The highest BCUT2D eigenvalue weighted by molar-refractivity contribution is 7.89. The van der Waals surface area contributed by atoms with Crippen molar-refractivity contribution >= 4 is 15.7 Å². The van der Waals surface area contributed by atoms with Crippen LogP contribution < -0.4 is 9.64 Å². The number of ether oxygens (including phenoxy) is 2. The lowest BCUT2D eigenvalue weighted by Crippen LogP contribution is -2.30. The van der Waals surface area contributed by atoms with Crippen LogP contribution >= 0.6 is 0 Å². The summed E-state index contributed by atoms with van der Waals surface area (Å²) in [6, 6.07) is 14.4. The molecule has 7 heteroatoms. The van der Waals surface area contributed by atoms with Gasteiger partial charge in [-0.15, -0.1) is 0 Å². The number of nitrogens with zero attached hydrogens (tertiary/aromatic N) is 2. The quantitative estimate of drug-likeness (QED) is 0.582. The Morgan fingerprint density at radius 3 is 2.07 bits per heavy atom. The third kappa shape index (κ3) is 5.69. The molecule has 0 fully saturated rings. The Labute approximate surface area is 162 Å². The van der Waals surface area contributed by atoms with Gasteiger partial charge in [-0.05, 0) is 42.0 Å². The number of hydrogen-bond acceptors (Lipinski definition) is 5. The predicted molar refractivity (Wildman–Crippen MR) is 108 cm³/mol. The number of sulfonamides is 1. The van der Waals surface area contributed by atoms with E-state index in [-0.39, 0.29) is 4.90 Å². The van der Waals surface area contributed by atoms with Gasteiger partial charge in [0.2, 0.25) is 10.0 Å². The summed E-state index contributed by atoms with van der Waals surface area (Å²) in [5.41, 5.74) is 2.03. The molecule has 0 aromatic heterocycles. The highest BCUT2D eigenvalue weighted by Gasteiger charge is 2.23. The fraction of sp³-hybridized carbons (Fsp3) is 0.400. The van der Waals surface area contributed by atoms with Crippen LogP contribution in [0.15, 0.2) is 53.4 Å². The number of hydrogen-bond donors (Lipinski definition) is 0. The number of methoxy groups -OCH3 is 1. The number of anilines is 1. The molecule has 0 saturated heterocycles. The van der Waals surface area contributed by atoms with Crippen molar-refractivity contribution < 1.29 is 17.9 Å². The monoisotopic (exact) mass is 392 g/mol. The van der Waals surface area contributed by atoms with Gasteiger partial charge in [-0.25, -0.2) is 8.42 Å². The summed E-state index contributed by atoms with van der Waals surface area (Å²) in [4.78, 5) is 2.27. The van der Waals surface area contributed by atoms with Crippen molar-refractivity contribution in [1.29, 1.82) is 0 Å². The maximum atomic E-state index is 13.0. The topological polar surface area (TPSA) is 59.1 Å². The average molecular weight is 393 g/mol. The lowest BCUT2D eigenvalue weighted by Gasteiger charge is -2.21. The molecule has 0 radical (unpaired) electrons. The maximum absolute atomic E-state index is 13.0. The molecular formula is C20H28N2O4S. The molecule has 0 aliphatic rings. The van der Waals surface area contributed by atoms with E-state index in [4.69, 9.17) is 9.47 Å². The van der Waals surface area contributed by atoms with Gasteiger partial charge < -0.3 is 14.4 Å². The summed E-state index contributed by atoms with van der Waals surface area (Å²) in [5, 5.41) is 0.